The number of cyclic esters (lactones) is 1. The van der Waals surface area contributed by atoms with Crippen LogP contribution in [-0.4, -0.2) is 70.6 Å². The molecule has 0 spiro atoms. The molecule has 7 nitrogen and oxygen atoms in total. The van der Waals surface area contributed by atoms with Gasteiger partial charge in [0, 0.05) is 12.2 Å². The van der Waals surface area contributed by atoms with E-state index in [-0.39, 0.29) is 42.6 Å². The lowest BCUT2D eigenvalue weighted by Crippen LogP contribution is -2.33. The van der Waals surface area contributed by atoms with E-state index in [1.165, 1.54) is 83.5 Å². The molecule has 3 aliphatic rings. The summed E-state index contributed by atoms with van der Waals surface area (Å²) < 4.78 is 17.7. The summed E-state index contributed by atoms with van der Waals surface area (Å²) >= 11 is 0. The second kappa shape index (κ2) is 22.5. The summed E-state index contributed by atoms with van der Waals surface area (Å²) in [5.74, 6) is -0.125. The third-order valence-corrected chi connectivity index (χ3v) is 10.0. The Labute approximate surface area is 268 Å². The van der Waals surface area contributed by atoms with E-state index in [1.807, 2.05) is 13.0 Å². The maximum absolute atomic E-state index is 11.6. The van der Waals surface area contributed by atoms with E-state index in [9.17, 15) is 15.0 Å². The van der Waals surface area contributed by atoms with E-state index in [4.69, 9.17) is 19.3 Å². The van der Waals surface area contributed by atoms with Crippen molar-refractivity contribution in [2.45, 2.75) is 210 Å². The van der Waals surface area contributed by atoms with Crippen LogP contribution in [0.4, 0.5) is 0 Å². The molecule has 256 valence electrons. The zero-order valence-electron chi connectivity index (χ0n) is 28.0. The molecule has 0 radical (unpaired) electrons. The number of ether oxygens (including phenoxy) is 3. The first-order valence-corrected chi connectivity index (χ1v) is 18.7. The summed E-state index contributed by atoms with van der Waals surface area (Å²) in [6.45, 7) is 2.23. The van der Waals surface area contributed by atoms with Crippen molar-refractivity contribution in [2.24, 2.45) is 0 Å². The lowest BCUT2D eigenvalue weighted by atomic mass is 10.00. The fourth-order valence-corrected chi connectivity index (χ4v) is 7.29. The van der Waals surface area contributed by atoms with Crippen molar-refractivity contribution in [3.8, 4) is 0 Å². The topological polar surface area (TPSA) is 105 Å². The molecule has 7 atom stereocenters. The Morgan fingerprint density at radius 3 is 1.45 bits per heavy atom. The van der Waals surface area contributed by atoms with Gasteiger partial charge in [-0.05, 0) is 70.8 Å². The van der Waals surface area contributed by atoms with Crippen LogP contribution in [0.2, 0.25) is 0 Å². The number of aliphatic hydroxyl groups is 3. The molecule has 0 aromatic heterocycles. The second-order valence-electron chi connectivity index (χ2n) is 13.9. The largest absolute Gasteiger partial charge is 0.455 e. The lowest BCUT2D eigenvalue weighted by molar-refractivity contribution is -0.139. The highest BCUT2D eigenvalue weighted by molar-refractivity contribution is 5.90. The first kappa shape index (κ1) is 37.5. The number of rotatable bonds is 26. The van der Waals surface area contributed by atoms with Crippen molar-refractivity contribution in [3.05, 3.63) is 11.6 Å². The highest BCUT2D eigenvalue weighted by Gasteiger charge is 2.40. The second-order valence-corrected chi connectivity index (χ2v) is 13.9. The first-order chi connectivity index (χ1) is 21.5. The highest BCUT2D eigenvalue weighted by Crippen LogP contribution is 2.34. The number of unbranched alkanes of at least 4 members (excludes halogenated alkanes) is 16. The van der Waals surface area contributed by atoms with Crippen molar-refractivity contribution in [2.75, 3.05) is 6.61 Å². The van der Waals surface area contributed by atoms with Crippen molar-refractivity contribution >= 4 is 5.97 Å². The van der Waals surface area contributed by atoms with Crippen LogP contribution < -0.4 is 0 Å². The van der Waals surface area contributed by atoms with Gasteiger partial charge in [-0.3, -0.25) is 0 Å². The van der Waals surface area contributed by atoms with E-state index in [0.717, 1.165) is 82.6 Å². The average Bonchev–Trinajstić information content (AvgIpc) is 3.77. The van der Waals surface area contributed by atoms with E-state index in [0.29, 0.717) is 6.61 Å². The van der Waals surface area contributed by atoms with Crippen LogP contribution in [-0.2, 0) is 19.0 Å². The smallest absolute Gasteiger partial charge is 0.334 e. The predicted octanol–water partition coefficient (Wildman–Crippen LogP) is 7.86. The number of aliphatic hydroxyl groups excluding tert-OH is 3. The van der Waals surface area contributed by atoms with Crippen LogP contribution in [0.3, 0.4) is 0 Å². The quantitative estimate of drug-likeness (QED) is 0.0666. The van der Waals surface area contributed by atoms with E-state index >= 15 is 0 Å². The number of carbonyl (C=O) groups is 1. The summed E-state index contributed by atoms with van der Waals surface area (Å²) in [5.41, 5.74) is 0.861. The third-order valence-electron chi connectivity index (χ3n) is 10.0. The lowest BCUT2D eigenvalue weighted by Gasteiger charge is -2.24. The molecule has 3 aliphatic heterocycles. The van der Waals surface area contributed by atoms with E-state index in [2.05, 4.69) is 0 Å². The highest BCUT2D eigenvalue weighted by atomic mass is 16.6. The molecule has 3 heterocycles. The van der Waals surface area contributed by atoms with Crippen LogP contribution >= 0.6 is 0 Å². The van der Waals surface area contributed by atoms with Gasteiger partial charge in [-0.1, -0.05) is 103 Å². The van der Waals surface area contributed by atoms with Crippen LogP contribution in [0.5, 0.6) is 0 Å². The minimum Gasteiger partial charge on any atom is -0.455 e. The van der Waals surface area contributed by atoms with Gasteiger partial charge in [-0.25, -0.2) is 4.79 Å². The van der Waals surface area contributed by atoms with Gasteiger partial charge in [-0.2, -0.15) is 0 Å². The number of hydrogen-bond acceptors (Lipinski definition) is 7. The molecular weight excluding hydrogens is 556 g/mol. The third kappa shape index (κ3) is 14.6. The van der Waals surface area contributed by atoms with Gasteiger partial charge in [0.15, 0.2) is 0 Å². The molecule has 2 fully saturated rings. The fourth-order valence-electron chi connectivity index (χ4n) is 7.29. The molecule has 0 bridgehead atoms. The van der Waals surface area contributed by atoms with Crippen molar-refractivity contribution in [1.29, 1.82) is 0 Å². The molecule has 3 N–H and O–H groups in total. The molecule has 3 rings (SSSR count). The van der Waals surface area contributed by atoms with Crippen molar-refractivity contribution < 1.29 is 34.3 Å². The Kier molecular flexibility index (Phi) is 19.2. The Bertz CT molecular complexity index is 786. The number of esters is 1. The molecule has 0 aliphatic carbocycles. The molecule has 0 aromatic rings. The molecular formula is C37H66O7. The molecule has 44 heavy (non-hydrogen) atoms. The molecule has 0 aromatic carbocycles. The maximum atomic E-state index is 11.6. The van der Waals surface area contributed by atoms with Gasteiger partial charge in [0.2, 0.25) is 0 Å². The average molecular weight is 623 g/mol. The minimum atomic E-state index is -0.390. The zero-order valence-corrected chi connectivity index (χ0v) is 28.0. The number of carbonyl (C=O) groups excluding carboxylic acids is 1. The van der Waals surface area contributed by atoms with Gasteiger partial charge in [0.25, 0.3) is 0 Å². The van der Waals surface area contributed by atoms with Crippen molar-refractivity contribution in [1.82, 2.24) is 0 Å². The summed E-state index contributed by atoms with van der Waals surface area (Å²) in [7, 11) is 0. The van der Waals surface area contributed by atoms with Gasteiger partial charge >= 0.3 is 5.97 Å². The molecule has 7 heteroatoms. The molecule has 0 saturated carbocycles. The van der Waals surface area contributed by atoms with Crippen LogP contribution in [0.25, 0.3) is 0 Å². The minimum absolute atomic E-state index is 0.0523. The van der Waals surface area contributed by atoms with Crippen LogP contribution in [0.15, 0.2) is 11.6 Å². The normalized spacial score (nSPS) is 26.7. The first-order valence-electron chi connectivity index (χ1n) is 18.7. The summed E-state index contributed by atoms with van der Waals surface area (Å²) in [6.07, 6.45) is 28.5. The summed E-state index contributed by atoms with van der Waals surface area (Å²) in [4.78, 5) is 11.6. The molecule has 0 unspecified atom stereocenters. The van der Waals surface area contributed by atoms with Gasteiger partial charge in [-0.15, -0.1) is 0 Å². The standard InChI is InChI=1S/C37H66O7/c1-29-28-30(37(41)42-29)20-16-12-8-4-2-5-9-13-17-21-31(39)33-23-25-35(43-33)36-26-24-34(44-36)32(40)22-18-14-10-6-3-7-11-15-19-27-38/h28-29,31-36,38-40H,2-27H2,1H3/t29-,31+,32+,33+,34+,35+,36+/m0/s1. The monoisotopic (exact) mass is 622 g/mol. The Morgan fingerprint density at radius 2 is 1.05 bits per heavy atom. The van der Waals surface area contributed by atoms with Gasteiger partial charge in [0.1, 0.15) is 6.10 Å². The number of hydrogen-bond donors (Lipinski definition) is 3. The molecule has 2 saturated heterocycles. The predicted molar refractivity (Wildman–Crippen MR) is 175 cm³/mol. The Morgan fingerprint density at radius 1 is 0.636 bits per heavy atom. The van der Waals surface area contributed by atoms with E-state index < -0.39 is 6.10 Å². The maximum Gasteiger partial charge on any atom is 0.334 e. The Balaban J connectivity index is 1.12. The SMILES string of the molecule is C[C@H]1C=C(CCCCCCCCCCC[C@@H](O)[C@H]2CC[C@H]([C@H]3CC[C@H]([C@H](O)CCCCCCCCCCCO)O3)O2)C(=O)O1. The van der Waals surface area contributed by atoms with Gasteiger partial charge in [0.05, 0.1) is 36.6 Å². The summed E-state index contributed by atoms with van der Waals surface area (Å²) in [6, 6.07) is 0. The Hall–Kier alpha value is -0.990. The van der Waals surface area contributed by atoms with Crippen LogP contribution in [0, 0.1) is 0 Å². The van der Waals surface area contributed by atoms with Gasteiger partial charge < -0.3 is 29.5 Å². The zero-order chi connectivity index (χ0) is 31.4. The van der Waals surface area contributed by atoms with Crippen molar-refractivity contribution in [3.63, 3.8) is 0 Å². The molecule has 0 amide bonds. The summed E-state index contributed by atoms with van der Waals surface area (Å²) in [5, 5.41) is 30.3. The fraction of sp³-hybridized carbons (Fsp3) is 0.919. The van der Waals surface area contributed by atoms with Crippen LogP contribution in [0.1, 0.15) is 167 Å². The van der Waals surface area contributed by atoms with E-state index in [1.54, 1.807) is 0 Å².